The van der Waals surface area contributed by atoms with Crippen LogP contribution in [0.4, 0.5) is 0 Å². The predicted molar refractivity (Wildman–Crippen MR) is 68.7 cm³/mol. The molecule has 0 aromatic carbocycles. The minimum absolute atomic E-state index is 0.555. The summed E-state index contributed by atoms with van der Waals surface area (Å²) in [5, 5.41) is 13.4. The molecule has 0 aliphatic carbocycles. The van der Waals surface area contributed by atoms with E-state index in [1.54, 1.807) is 11.3 Å². The molecule has 1 N–H and O–H groups in total. The lowest BCUT2D eigenvalue weighted by Crippen LogP contribution is -2.40. The number of thiazole rings is 1. The smallest absolute Gasteiger partial charge is 0.107 e. The zero-order valence-electron chi connectivity index (χ0n) is 10.7. The van der Waals surface area contributed by atoms with Gasteiger partial charge < -0.3 is 5.11 Å². The number of aliphatic hydroxyl groups is 1. The van der Waals surface area contributed by atoms with Crippen molar-refractivity contribution in [3.63, 3.8) is 0 Å². The number of rotatable bonds is 6. The summed E-state index contributed by atoms with van der Waals surface area (Å²) in [5.74, 6) is 0. The molecule has 0 saturated carbocycles. The highest BCUT2D eigenvalue weighted by Gasteiger charge is 2.24. The zero-order valence-corrected chi connectivity index (χ0v) is 11.5. The summed E-state index contributed by atoms with van der Waals surface area (Å²) in [6.45, 7) is 7.60. The highest BCUT2D eigenvalue weighted by Crippen LogP contribution is 2.18. The van der Waals surface area contributed by atoms with Crippen molar-refractivity contribution in [2.45, 2.75) is 45.8 Å². The van der Waals surface area contributed by atoms with Gasteiger partial charge >= 0.3 is 0 Å². The first-order valence-electron chi connectivity index (χ1n) is 5.81. The van der Waals surface area contributed by atoms with E-state index >= 15 is 0 Å². The highest BCUT2D eigenvalue weighted by molar-refractivity contribution is 7.09. The third kappa shape index (κ3) is 3.85. The Morgan fingerprint density at radius 3 is 2.50 bits per heavy atom. The monoisotopic (exact) mass is 242 g/mol. The lowest BCUT2D eigenvalue weighted by atomic mass is 9.97. The van der Waals surface area contributed by atoms with E-state index in [1.807, 2.05) is 27.8 Å². The van der Waals surface area contributed by atoms with Crippen LogP contribution in [0.5, 0.6) is 0 Å². The molecular weight excluding hydrogens is 220 g/mol. The minimum Gasteiger partial charge on any atom is -0.389 e. The molecule has 0 radical (unpaired) electrons. The number of aromatic nitrogens is 1. The Labute approximate surface area is 102 Å². The van der Waals surface area contributed by atoms with Gasteiger partial charge in [0.1, 0.15) is 5.01 Å². The summed E-state index contributed by atoms with van der Waals surface area (Å²) < 4.78 is 0. The van der Waals surface area contributed by atoms with Crippen molar-refractivity contribution in [1.29, 1.82) is 0 Å². The van der Waals surface area contributed by atoms with Gasteiger partial charge in [0.15, 0.2) is 0 Å². The predicted octanol–water partition coefficient (Wildman–Crippen LogP) is 2.43. The Bertz CT molecular complexity index is 321. The Kier molecular flexibility index (Phi) is 4.89. The van der Waals surface area contributed by atoms with Gasteiger partial charge in [0.25, 0.3) is 0 Å². The van der Waals surface area contributed by atoms with Crippen LogP contribution in [-0.4, -0.2) is 34.2 Å². The molecule has 0 saturated heterocycles. The first kappa shape index (κ1) is 13.6. The van der Waals surface area contributed by atoms with Gasteiger partial charge in [-0.15, -0.1) is 11.3 Å². The molecule has 1 aromatic rings. The van der Waals surface area contributed by atoms with Crippen LogP contribution >= 0.6 is 11.3 Å². The lowest BCUT2D eigenvalue weighted by molar-refractivity contribution is 0.00129. The van der Waals surface area contributed by atoms with Crippen LogP contribution in [0.1, 0.15) is 37.4 Å². The third-order valence-corrected chi connectivity index (χ3v) is 3.90. The first-order chi connectivity index (χ1) is 7.49. The van der Waals surface area contributed by atoms with Gasteiger partial charge in [-0.05, 0) is 26.8 Å². The number of aryl methyl sites for hydroxylation is 1. The molecular formula is C12H22N2OS. The van der Waals surface area contributed by atoms with E-state index in [1.165, 1.54) is 0 Å². The zero-order chi connectivity index (χ0) is 12.2. The number of hydrogen-bond acceptors (Lipinski definition) is 4. The van der Waals surface area contributed by atoms with Crippen LogP contribution in [0.3, 0.4) is 0 Å². The van der Waals surface area contributed by atoms with E-state index < -0.39 is 5.60 Å². The van der Waals surface area contributed by atoms with Crippen LogP contribution in [0.25, 0.3) is 0 Å². The normalized spacial score (nSPS) is 12.4. The number of likely N-dealkylation sites (N-methyl/N-ethyl adjacent to an activating group) is 1. The summed E-state index contributed by atoms with van der Waals surface area (Å²) >= 11 is 1.68. The Hall–Kier alpha value is -0.450. The molecule has 0 aliphatic heterocycles. The quantitative estimate of drug-likeness (QED) is 0.832. The van der Waals surface area contributed by atoms with E-state index in [0.29, 0.717) is 6.54 Å². The maximum absolute atomic E-state index is 10.2. The molecule has 1 rings (SSSR count). The molecule has 4 heteroatoms. The van der Waals surface area contributed by atoms with Crippen LogP contribution in [0, 0.1) is 6.92 Å². The SMILES string of the molecule is CCC(O)(CC)CN(C)Cc1nc(C)cs1. The second-order valence-electron chi connectivity index (χ2n) is 4.49. The molecule has 0 spiro atoms. The van der Waals surface area contributed by atoms with Crippen LogP contribution in [-0.2, 0) is 6.54 Å². The van der Waals surface area contributed by atoms with E-state index in [4.69, 9.17) is 0 Å². The van der Waals surface area contributed by atoms with Crippen molar-refractivity contribution in [2.24, 2.45) is 0 Å². The van der Waals surface area contributed by atoms with Crippen LogP contribution in [0.2, 0.25) is 0 Å². The van der Waals surface area contributed by atoms with E-state index in [0.717, 1.165) is 30.1 Å². The fraction of sp³-hybridized carbons (Fsp3) is 0.750. The molecule has 1 aromatic heterocycles. The number of nitrogens with zero attached hydrogens (tertiary/aromatic N) is 2. The fourth-order valence-electron chi connectivity index (χ4n) is 1.74. The largest absolute Gasteiger partial charge is 0.389 e. The van der Waals surface area contributed by atoms with Gasteiger partial charge in [-0.3, -0.25) is 4.90 Å². The van der Waals surface area contributed by atoms with Crippen molar-refractivity contribution in [3.05, 3.63) is 16.1 Å². The van der Waals surface area contributed by atoms with Gasteiger partial charge in [0.05, 0.1) is 12.1 Å². The summed E-state index contributed by atoms with van der Waals surface area (Å²) in [6.07, 6.45) is 1.59. The fourth-order valence-corrected chi connectivity index (χ4v) is 2.59. The molecule has 0 fully saturated rings. The van der Waals surface area contributed by atoms with E-state index in [2.05, 4.69) is 15.3 Å². The van der Waals surface area contributed by atoms with Crippen molar-refractivity contribution in [2.75, 3.05) is 13.6 Å². The topological polar surface area (TPSA) is 36.4 Å². The summed E-state index contributed by atoms with van der Waals surface area (Å²) in [7, 11) is 2.03. The van der Waals surface area contributed by atoms with Gasteiger partial charge in [0, 0.05) is 17.6 Å². The molecule has 0 amide bonds. The summed E-state index contributed by atoms with van der Waals surface area (Å²) in [5.41, 5.74) is 0.524. The van der Waals surface area contributed by atoms with Gasteiger partial charge in [-0.25, -0.2) is 4.98 Å². The molecule has 16 heavy (non-hydrogen) atoms. The molecule has 3 nitrogen and oxygen atoms in total. The molecule has 92 valence electrons. The van der Waals surface area contributed by atoms with Gasteiger partial charge in [-0.2, -0.15) is 0 Å². The third-order valence-electron chi connectivity index (χ3n) is 2.95. The van der Waals surface area contributed by atoms with Gasteiger partial charge in [-0.1, -0.05) is 13.8 Å². The standard InChI is InChI=1S/C12H22N2OS/c1-5-12(15,6-2)9-14(4)7-11-13-10(3)8-16-11/h8,15H,5-7,9H2,1-4H3. The average molecular weight is 242 g/mol. The highest BCUT2D eigenvalue weighted by atomic mass is 32.1. The van der Waals surface area contributed by atoms with E-state index in [-0.39, 0.29) is 0 Å². The maximum atomic E-state index is 10.2. The Morgan fingerprint density at radius 2 is 2.06 bits per heavy atom. The lowest BCUT2D eigenvalue weighted by Gasteiger charge is -2.30. The Balaban J connectivity index is 2.50. The molecule has 0 bridgehead atoms. The van der Waals surface area contributed by atoms with Crippen molar-refractivity contribution in [3.8, 4) is 0 Å². The van der Waals surface area contributed by atoms with Crippen LogP contribution in [0.15, 0.2) is 5.38 Å². The second kappa shape index (κ2) is 5.75. The average Bonchev–Trinajstić information content (AvgIpc) is 2.63. The maximum Gasteiger partial charge on any atom is 0.107 e. The molecule has 0 aliphatic rings. The second-order valence-corrected chi connectivity index (χ2v) is 5.43. The van der Waals surface area contributed by atoms with Crippen molar-refractivity contribution < 1.29 is 5.11 Å². The molecule has 1 heterocycles. The number of hydrogen-bond donors (Lipinski definition) is 1. The summed E-state index contributed by atoms with van der Waals surface area (Å²) in [6, 6.07) is 0. The Morgan fingerprint density at radius 1 is 1.44 bits per heavy atom. The van der Waals surface area contributed by atoms with Gasteiger partial charge in [0.2, 0.25) is 0 Å². The van der Waals surface area contributed by atoms with Crippen LogP contribution < -0.4 is 0 Å². The van der Waals surface area contributed by atoms with Crippen molar-refractivity contribution >= 4 is 11.3 Å². The molecule has 0 atom stereocenters. The minimum atomic E-state index is -0.555. The van der Waals surface area contributed by atoms with Crippen molar-refractivity contribution in [1.82, 2.24) is 9.88 Å². The molecule has 0 unspecified atom stereocenters. The first-order valence-corrected chi connectivity index (χ1v) is 6.69. The van der Waals surface area contributed by atoms with E-state index in [9.17, 15) is 5.11 Å². The summed E-state index contributed by atoms with van der Waals surface area (Å²) in [4.78, 5) is 6.57.